The Morgan fingerprint density at radius 2 is 1.94 bits per heavy atom. The van der Waals surface area contributed by atoms with Crippen LogP contribution in [-0.4, -0.2) is 22.7 Å². The number of methoxy groups -OCH3 is 1. The molecule has 2 aromatic carbocycles. The number of fused-ring (bicyclic) bond motifs is 2. The van der Waals surface area contributed by atoms with E-state index in [1.165, 1.54) is 0 Å². The van der Waals surface area contributed by atoms with Gasteiger partial charge in [0.15, 0.2) is 0 Å². The Bertz CT molecular complexity index is 1700. The van der Waals surface area contributed by atoms with Gasteiger partial charge >= 0.3 is 6.03 Å². The summed E-state index contributed by atoms with van der Waals surface area (Å²) >= 11 is 3.33. The summed E-state index contributed by atoms with van der Waals surface area (Å²) in [4.78, 5) is 18.6. The van der Waals surface area contributed by atoms with Crippen LogP contribution in [0.25, 0.3) is 42.6 Å². The molecule has 6 aromatic rings. The molecule has 0 atom stereocenters. The maximum Gasteiger partial charge on any atom is 0.330 e. The van der Waals surface area contributed by atoms with Gasteiger partial charge in [0, 0.05) is 43.9 Å². The van der Waals surface area contributed by atoms with Crippen LogP contribution in [0.4, 0.5) is 16.3 Å². The minimum Gasteiger partial charge on any atom is -0.495 e. The number of pyridine rings is 1. The van der Waals surface area contributed by atoms with E-state index in [4.69, 9.17) is 10.5 Å². The lowest BCUT2D eigenvalue weighted by Gasteiger charge is -2.13. The van der Waals surface area contributed by atoms with Crippen molar-refractivity contribution >= 4 is 61.2 Å². The normalized spacial score (nSPS) is 11.2. The third kappa shape index (κ3) is 3.63. The van der Waals surface area contributed by atoms with Gasteiger partial charge in [-0.2, -0.15) is 0 Å². The molecule has 3 N–H and O–H groups in total. The molecule has 0 unspecified atom stereocenters. The highest BCUT2D eigenvalue weighted by Gasteiger charge is 2.18. The number of aromatic nitrogens is 2. The molecule has 0 radical (unpaired) electrons. The van der Waals surface area contributed by atoms with Gasteiger partial charge in [-0.25, -0.2) is 9.78 Å². The minimum atomic E-state index is -0.257. The van der Waals surface area contributed by atoms with E-state index in [2.05, 4.69) is 27.1 Å². The van der Waals surface area contributed by atoms with Crippen LogP contribution >= 0.6 is 22.7 Å². The van der Waals surface area contributed by atoms with Gasteiger partial charge in [-0.15, -0.1) is 22.7 Å². The number of nitrogen functional groups attached to an aromatic ring is 1. The Balaban J connectivity index is 1.38. The average Bonchev–Trinajstić information content (AvgIpc) is 3.64. The van der Waals surface area contributed by atoms with Gasteiger partial charge in [-0.05, 0) is 46.7 Å². The highest BCUT2D eigenvalue weighted by Crippen LogP contribution is 2.44. The van der Waals surface area contributed by atoms with Crippen LogP contribution < -0.4 is 15.8 Å². The maximum absolute atomic E-state index is 13.0. The molecule has 0 aliphatic heterocycles. The predicted molar refractivity (Wildman–Crippen MR) is 146 cm³/mol. The zero-order chi connectivity index (χ0) is 23.9. The van der Waals surface area contributed by atoms with Crippen molar-refractivity contribution in [1.29, 1.82) is 0 Å². The van der Waals surface area contributed by atoms with Crippen LogP contribution in [0.1, 0.15) is 0 Å². The second-order valence-corrected chi connectivity index (χ2v) is 9.81. The van der Waals surface area contributed by atoms with E-state index in [1.807, 2.05) is 60.8 Å². The van der Waals surface area contributed by atoms with Gasteiger partial charge in [0.1, 0.15) is 11.6 Å². The summed E-state index contributed by atoms with van der Waals surface area (Å²) < 4.78 is 8.34. The molecule has 0 bridgehead atoms. The fourth-order valence-electron chi connectivity index (χ4n) is 4.28. The van der Waals surface area contributed by atoms with Crippen LogP contribution in [0.3, 0.4) is 0 Å². The molecular weight excluding hydrogens is 476 g/mol. The molecule has 6 nitrogen and oxygen atoms in total. The van der Waals surface area contributed by atoms with Crippen LogP contribution in [0.15, 0.2) is 83.8 Å². The number of benzene rings is 2. The molecule has 0 spiro atoms. The first kappa shape index (κ1) is 21.4. The summed E-state index contributed by atoms with van der Waals surface area (Å²) in [5, 5.41) is 9.05. The highest BCUT2D eigenvalue weighted by molar-refractivity contribution is 7.19. The minimum absolute atomic E-state index is 0.257. The number of nitrogens with one attached hydrogen (secondary N) is 1. The number of hydrogen-bond acceptors (Lipinski definition) is 6. The number of ether oxygens (including phenoxy) is 1. The number of carbonyl (C=O) groups excluding carboxylic acids is 1. The summed E-state index contributed by atoms with van der Waals surface area (Å²) in [5.41, 5.74) is 10.8. The number of para-hydroxylation sites is 1. The Kier molecular flexibility index (Phi) is 5.24. The predicted octanol–water partition coefficient (Wildman–Crippen LogP) is 7.32. The van der Waals surface area contributed by atoms with Crippen LogP contribution in [0.5, 0.6) is 5.75 Å². The zero-order valence-corrected chi connectivity index (χ0v) is 20.3. The molecule has 0 saturated carbocycles. The lowest BCUT2D eigenvalue weighted by molar-refractivity contribution is 0.254. The average molecular weight is 497 g/mol. The van der Waals surface area contributed by atoms with Crippen molar-refractivity contribution in [2.75, 3.05) is 18.2 Å². The highest BCUT2D eigenvalue weighted by atomic mass is 32.1. The number of nitrogens with two attached hydrogens (primary N) is 1. The number of anilines is 2. The molecule has 172 valence electrons. The third-order valence-electron chi connectivity index (χ3n) is 5.98. The maximum atomic E-state index is 13.0. The van der Waals surface area contributed by atoms with Crippen LogP contribution in [0, 0.1) is 0 Å². The Morgan fingerprint density at radius 1 is 1.06 bits per heavy atom. The monoisotopic (exact) mass is 496 g/mol. The van der Waals surface area contributed by atoms with Crippen molar-refractivity contribution in [2.45, 2.75) is 0 Å². The zero-order valence-electron chi connectivity index (χ0n) is 18.7. The van der Waals surface area contributed by atoms with E-state index in [9.17, 15) is 4.79 Å². The lowest BCUT2D eigenvalue weighted by Crippen LogP contribution is -2.18. The molecule has 0 saturated heterocycles. The second-order valence-electron chi connectivity index (χ2n) is 7.98. The van der Waals surface area contributed by atoms with Crippen molar-refractivity contribution in [3.8, 4) is 27.3 Å². The molecule has 4 aromatic heterocycles. The molecule has 1 amide bonds. The van der Waals surface area contributed by atoms with E-state index in [0.29, 0.717) is 17.3 Å². The SMILES string of the molecule is COc1cc(-c2csc3c(-c4cccs4)cnc(N)c23)ccc1NC(=O)n1ccc2ccccc21. The summed E-state index contributed by atoms with van der Waals surface area (Å²) in [7, 11) is 1.59. The van der Waals surface area contributed by atoms with Crippen molar-refractivity contribution in [3.05, 3.63) is 83.8 Å². The first-order valence-electron chi connectivity index (χ1n) is 10.9. The van der Waals surface area contributed by atoms with E-state index in [-0.39, 0.29) is 6.03 Å². The van der Waals surface area contributed by atoms with Gasteiger partial charge < -0.3 is 15.8 Å². The van der Waals surface area contributed by atoms with Gasteiger partial charge in [-0.1, -0.05) is 30.3 Å². The van der Waals surface area contributed by atoms with Gasteiger partial charge in [-0.3, -0.25) is 4.57 Å². The number of carbonyl (C=O) groups is 1. The smallest absolute Gasteiger partial charge is 0.330 e. The topological polar surface area (TPSA) is 82.2 Å². The summed E-state index contributed by atoms with van der Waals surface area (Å²) in [6, 6.07) is 19.3. The Labute approximate surface area is 209 Å². The Hall–Kier alpha value is -4.14. The van der Waals surface area contributed by atoms with E-state index in [1.54, 1.807) is 40.5 Å². The molecule has 6 rings (SSSR count). The first-order chi connectivity index (χ1) is 17.1. The first-order valence-corrected chi connectivity index (χ1v) is 12.7. The van der Waals surface area contributed by atoms with Crippen molar-refractivity contribution in [2.24, 2.45) is 0 Å². The third-order valence-corrected chi connectivity index (χ3v) is 7.90. The quantitative estimate of drug-likeness (QED) is 0.268. The number of rotatable bonds is 4. The van der Waals surface area contributed by atoms with Crippen molar-refractivity contribution in [3.63, 3.8) is 0 Å². The van der Waals surface area contributed by atoms with Crippen molar-refractivity contribution < 1.29 is 9.53 Å². The van der Waals surface area contributed by atoms with Crippen LogP contribution in [0.2, 0.25) is 0 Å². The van der Waals surface area contributed by atoms with E-state index < -0.39 is 0 Å². The fourth-order valence-corrected chi connectivity index (χ4v) is 6.20. The number of nitrogens with zero attached hydrogens (tertiary/aromatic N) is 2. The summed E-state index contributed by atoms with van der Waals surface area (Å²) in [6.07, 6.45) is 3.60. The molecule has 0 fully saturated rings. The fraction of sp³-hybridized carbons (Fsp3) is 0.0370. The van der Waals surface area contributed by atoms with Crippen LogP contribution in [-0.2, 0) is 0 Å². The van der Waals surface area contributed by atoms with E-state index in [0.717, 1.165) is 42.6 Å². The lowest BCUT2D eigenvalue weighted by atomic mass is 10.0. The number of hydrogen-bond donors (Lipinski definition) is 2. The largest absolute Gasteiger partial charge is 0.495 e. The standard InChI is InChI=1S/C27H20N4O2S2/c1-33-22-13-17(8-9-20(22)30-27(32)31-11-10-16-5-2-3-6-21(16)31)19-15-35-25-18(23-7-4-12-34-23)14-29-26(28)24(19)25/h2-15H,1H3,(H2,28,29)(H,30,32). The Morgan fingerprint density at radius 3 is 2.77 bits per heavy atom. The molecule has 4 heterocycles. The molecular formula is C27H20N4O2S2. The number of amides is 1. The van der Waals surface area contributed by atoms with Gasteiger partial charge in [0.2, 0.25) is 0 Å². The van der Waals surface area contributed by atoms with Crippen molar-refractivity contribution in [1.82, 2.24) is 9.55 Å². The molecule has 8 heteroatoms. The summed E-state index contributed by atoms with van der Waals surface area (Å²) in [5.74, 6) is 1.06. The molecule has 35 heavy (non-hydrogen) atoms. The molecule has 0 aliphatic carbocycles. The van der Waals surface area contributed by atoms with E-state index >= 15 is 0 Å². The second kappa shape index (κ2) is 8.57. The van der Waals surface area contributed by atoms with Gasteiger partial charge in [0.05, 0.1) is 18.3 Å². The summed E-state index contributed by atoms with van der Waals surface area (Å²) in [6.45, 7) is 0. The van der Waals surface area contributed by atoms with Gasteiger partial charge in [0.25, 0.3) is 0 Å². The number of thiophene rings is 2. The molecule has 0 aliphatic rings.